The minimum absolute atomic E-state index is 0.182. The minimum Gasteiger partial charge on any atom is -0.393 e. The zero-order chi connectivity index (χ0) is 11.4. The summed E-state index contributed by atoms with van der Waals surface area (Å²) >= 11 is 0. The van der Waals surface area contributed by atoms with Gasteiger partial charge in [0.05, 0.1) is 6.10 Å². The lowest BCUT2D eigenvalue weighted by molar-refractivity contribution is 0.154. The van der Waals surface area contributed by atoms with E-state index in [0.717, 1.165) is 26.1 Å². The van der Waals surface area contributed by atoms with Crippen LogP contribution in [0.2, 0.25) is 0 Å². The molecule has 0 aliphatic carbocycles. The highest BCUT2D eigenvalue weighted by Crippen LogP contribution is 2.18. The fourth-order valence-corrected chi connectivity index (χ4v) is 2.33. The minimum atomic E-state index is -0.182. The maximum atomic E-state index is 9.32. The summed E-state index contributed by atoms with van der Waals surface area (Å²) in [4.78, 5) is 2.46. The predicted molar refractivity (Wildman–Crippen MR) is 66.3 cm³/mol. The molecule has 2 heteroatoms. The highest BCUT2D eigenvalue weighted by atomic mass is 16.3. The third-order valence-electron chi connectivity index (χ3n) is 3.30. The van der Waals surface area contributed by atoms with Gasteiger partial charge in [-0.15, -0.1) is 0 Å². The Morgan fingerprint density at radius 3 is 2.81 bits per heavy atom. The molecule has 0 bridgehead atoms. The molecule has 1 aromatic rings. The summed E-state index contributed by atoms with van der Waals surface area (Å²) in [6.45, 7) is 5.07. The number of fused-ring (bicyclic) bond motifs is 1. The second kappa shape index (κ2) is 5.46. The van der Waals surface area contributed by atoms with E-state index in [1.807, 2.05) is 6.92 Å². The van der Waals surface area contributed by atoms with Gasteiger partial charge in [0.25, 0.3) is 0 Å². The molecular weight excluding hydrogens is 198 g/mol. The van der Waals surface area contributed by atoms with Gasteiger partial charge in [-0.1, -0.05) is 24.3 Å². The summed E-state index contributed by atoms with van der Waals surface area (Å²) < 4.78 is 0. The lowest BCUT2D eigenvalue weighted by Crippen LogP contribution is -2.26. The van der Waals surface area contributed by atoms with Crippen molar-refractivity contribution < 1.29 is 5.11 Å². The van der Waals surface area contributed by atoms with Crippen molar-refractivity contribution >= 4 is 0 Å². The Labute approximate surface area is 97.9 Å². The quantitative estimate of drug-likeness (QED) is 0.842. The number of aryl methyl sites for hydroxylation is 1. The second-order valence-electron chi connectivity index (χ2n) is 4.79. The molecule has 0 spiro atoms. The molecule has 1 unspecified atom stereocenters. The molecule has 1 N–H and O–H groups in total. The number of aliphatic hydroxyl groups excluding tert-OH is 1. The van der Waals surface area contributed by atoms with Gasteiger partial charge in [0.15, 0.2) is 0 Å². The standard InChI is InChI=1S/C14H21NO/c1-12(16)8-10-15-9-4-7-13-5-2-3-6-14(13)11-15/h2-3,5-6,12,16H,4,7-11H2,1H3. The van der Waals surface area contributed by atoms with Crippen LogP contribution in [0.4, 0.5) is 0 Å². The van der Waals surface area contributed by atoms with Gasteiger partial charge in [0.2, 0.25) is 0 Å². The van der Waals surface area contributed by atoms with Gasteiger partial charge in [-0.05, 0) is 43.9 Å². The van der Waals surface area contributed by atoms with E-state index in [1.165, 1.54) is 24.0 Å². The number of rotatable bonds is 3. The fourth-order valence-electron chi connectivity index (χ4n) is 2.33. The van der Waals surface area contributed by atoms with Crippen molar-refractivity contribution in [3.63, 3.8) is 0 Å². The van der Waals surface area contributed by atoms with Crippen LogP contribution in [0.15, 0.2) is 24.3 Å². The molecule has 1 heterocycles. The SMILES string of the molecule is CC(O)CCN1CCCc2ccccc2C1. The Morgan fingerprint density at radius 2 is 2.06 bits per heavy atom. The van der Waals surface area contributed by atoms with Gasteiger partial charge >= 0.3 is 0 Å². The normalized spacial score (nSPS) is 18.9. The molecule has 2 nitrogen and oxygen atoms in total. The topological polar surface area (TPSA) is 23.5 Å². The molecule has 0 fully saturated rings. The van der Waals surface area contributed by atoms with Gasteiger partial charge in [0, 0.05) is 13.1 Å². The van der Waals surface area contributed by atoms with Crippen LogP contribution in [-0.2, 0) is 13.0 Å². The second-order valence-corrected chi connectivity index (χ2v) is 4.79. The number of hydrogen-bond donors (Lipinski definition) is 1. The number of nitrogens with zero attached hydrogens (tertiary/aromatic N) is 1. The molecule has 2 rings (SSSR count). The Kier molecular flexibility index (Phi) is 3.97. The van der Waals surface area contributed by atoms with E-state index in [1.54, 1.807) is 0 Å². The molecule has 1 aliphatic rings. The van der Waals surface area contributed by atoms with Crippen molar-refractivity contribution in [2.24, 2.45) is 0 Å². The molecule has 0 saturated carbocycles. The van der Waals surface area contributed by atoms with Gasteiger partial charge in [-0.25, -0.2) is 0 Å². The first-order valence-electron chi connectivity index (χ1n) is 6.23. The molecule has 1 aliphatic heterocycles. The Morgan fingerprint density at radius 1 is 1.31 bits per heavy atom. The summed E-state index contributed by atoms with van der Waals surface area (Å²) in [5.74, 6) is 0. The van der Waals surface area contributed by atoms with Gasteiger partial charge < -0.3 is 5.11 Å². The Balaban J connectivity index is 1.99. The first-order valence-corrected chi connectivity index (χ1v) is 6.23. The summed E-state index contributed by atoms with van der Waals surface area (Å²) in [5.41, 5.74) is 2.97. The number of benzene rings is 1. The molecule has 0 radical (unpaired) electrons. The van der Waals surface area contributed by atoms with Crippen LogP contribution in [0.1, 0.15) is 30.9 Å². The van der Waals surface area contributed by atoms with Crippen molar-refractivity contribution in [1.82, 2.24) is 4.90 Å². The average molecular weight is 219 g/mol. The van der Waals surface area contributed by atoms with E-state index in [-0.39, 0.29) is 6.10 Å². The first-order chi connectivity index (χ1) is 7.75. The van der Waals surface area contributed by atoms with Crippen LogP contribution < -0.4 is 0 Å². The zero-order valence-corrected chi connectivity index (χ0v) is 10.0. The number of aliphatic hydroxyl groups is 1. The van der Waals surface area contributed by atoms with Gasteiger partial charge in [-0.2, -0.15) is 0 Å². The third-order valence-corrected chi connectivity index (χ3v) is 3.30. The molecule has 0 aromatic heterocycles. The average Bonchev–Trinajstić information content (AvgIpc) is 2.47. The first kappa shape index (κ1) is 11.6. The molecule has 1 aromatic carbocycles. The highest BCUT2D eigenvalue weighted by Gasteiger charge is 2.13. The van der Waals surface area contributed by atoms with Crippen LogP contribution >= 0.6 is 0 Å². The summed E-state index contributed by atoms with van der Waals surface area (Å²) in [7, 11) is 0. The maximum absolute atomic E-state index is 9.32. The van der Waals surface area contributed by atoms with Crippen molar-refractivity contribution in [2.75, 3.05) is 13.1 Å². The fraction of sp³-hybridized carbons (Fsp3) is 0.571. The summed E-state index contributed by atoms with van der Waals surface area (Å²) in [6, 6.07) is 8.73. The molecule has 88 valence electrons. The monoisotopic (exact) mass is 219 g/mol. The van der Waals surface area contributed by atoms with E-state index in [4.69, 9.17) is 0 Å². The summed E-state index contributed by atoms with van der Waals surface area (Å²) in [5, 5.41) is 9.32. The van der Waals surface area contributed by atoms with E-state index >= 15 is 0 Å². The van der Waals surface area contributed by atoms with Crippen LogP contribution in [0.25, 0.3) is 0 Å². The third kappa shape index (κ3) is 3.06. The zero-order valence-electron chi connectivity index (χ0n) is 10.0. The maximum Gasteiger partial charge on any atom is 0.0524 e. The smallest absolute Gasteiger partial charge is 0.0524 e. The van der Waals surface area contributed by atoms with Crippen molar-refractivity contribution in [3.8, 4) is 0 Å². The van der Waals surface area contributed by atoms with E-state index in [9.17, 15) is 5.11 Å². The van der Waals surface area contributed by atoms with Crippen LogP contribution in [0, 0.1) is 0 Å². The summed E-state index contributed by atoms with van der Waals surface area (Å²) in [6.07, 6.45) is 3.12. The molecule has 0 saturated heterocycles. The lowest BCUT2D eigenvalue weighted by atomic mass is 10.0. The van der Waals surface area contributed by atoms with Crippen molar-refractivity contribution in [3.05, 3.63) is 35.4 Å². The molecular formula is C14H21NO. The van der Waals surface area contributed by atoms with E-state index in [2.05, 4.69) is 29.2 Å². The van der Waals surface area contributed by atoms with Crippen LogP contribution in [-0.4, -0.2) is 29.2 Å². The molecule has 0 amide bonds. The van der Waals surface area contributed by atoms with Crippen molar-refractivity contribution in [1.29, 1.82) is 0 Å². The van der Waals surface area contributed by atoms with Crippen LogP contribution in [0.5, 0.6) is 0 Å². The van der Waals surface area contributed by atoms with Crippen LogP contribution in [0.3, 0.4) is 0 Å². The highest BCUT2D eigenvalue weighted by molar-refractivity contribution is 5.27. The largest absolute Gasteiger partial charge is 0.393 e. The molecule has 1 atom stereocenters. The van der Waals surface area contributed by atoms with E-state index < -0.39 is 0 Å². The Hall–Kier alpha value is -0.860. The lowest BCUT2D eigenvalue weighted by Gasteiger charge is -2.21. The van der Waals surface area contributed by atoms with E-state index in [0.29, 0.717) is 0 Å². The van der Waals surface area contributed by atoms with Gasteiger partial charge in [-0.3, -0.25) is 4.90 Å². The predicted octanol–water partition coefficient (Wildman–Crippen LogP) is 2.21. The number of hydrogen-bond acceptors (Lipinski definition) is 2. The molecule has 16 heavy (non-hydrogen) atoms. The van der Waals surface area contributed by atoms with Gasteiger partial charge in [0.1, 0.15) is 0 Å². The van der Waals surface area contributed by atoms with Crippen molar-refractivity contribution in [2.45, 2.75) is 38.8 Å². The Bertz CT molecular complexity index is 335.